The minimum absolute atomic E-state index is 0.383. The third-order valence-corrected chi connectivity index (χ3v) is 3.23. The van der Waals surface area contributed by atoms with Crippen LogP contribution in [0.4, 0.5) is 0 Å². The van der Waals surface area contributed by atoms with Crippen molar-refractivity contribution >= 4 is 0 Å². The van der Waals surface area contributed by atoms with Crippen LogP contribution in [0.2, 0.25) is 0 Å². The second kappa shape index (κ2) is 4.97. The largest absolute Gasteiger partial charge is 0.489 e. The van der Waals surface area contributed by atoms with Gasteiger partial charge in [-0.2, -0.15) is 0 Å². The second-order valence-electron chi connectivity index (χ2n) is 4.85. The van der Waals surface area contributed by atoms with Gasteiger partial charge in [0.25, 0.3) is 0 Å². The van der Waals surface area contributed by atoms with Crippen molar-refractivity contribution in [2.45, 2.75) is 13.5 Å². The van der Waals surface area contributed by atoms with E-state index in [-0.39, 0.29) is 0 Å². The van der Waals surface area contributed by atoms with E-state index in [4.69, 9.17) is 19.6 Å². The number of hydrogen-bond donors (Lipinski definition) is 1. The van der Waals surface area contributed by atoms with Gasteiger partial charge in [0.05, 0.1) is 26.0 Å². The Morgan fingerprint density at radius 2 is 1.95 bits per heavy atom. The lowest BCUT2D eigenvalue weighted by atomic mass is 10.1. The molecule has 0 fully saturated rings. The molecule has 2 aromatic rings. The molecule has 1 aromatic heterocycles. The standard InChI is InChI=1S/C15H17NO3/c1-10-8-18-13-3-2-11(6-14(13)19-9-10)12-4-5-17-15(12)7-16/h2-6,10H,7-9,16H2,1H3. The van der Waals surface area contributed by atoms with Crippen LogP contribution >= 0.6 is 0 Å². The van der Waals surface area contributed by atoms with Gasteiger partial charge in [-0.15, -0.1) is 0 Å². The first kappa shape index (κ1) is 12.1. The third kappa shape index (κ3) is 2.31. The van der Waals surface area contributed by atoms with E-state index < -0.39 is 0 Å². The Bertz CT molecular complexity index is 577. The summed E-state index contributed by atoms with van der Waals surface area (Å²) in [4.78, 5) is 0. The molecule has 1 aliphatic heterocycles. The highest BCUT2D eigenvalue weighted by Gasteiger charge is 2.16. The van der Waals surface area contributed by atoms with Crippen LogP contribution in [0.5, 0.6) is 11.5 Å². The van der Waals surface area contributed by atoms with Crippen molar-refractivity contribution in [3.05, 3.63) is 36.3 Å². The number of ether oxygens (including phenoxy) is 2. The zero-order chi connectivity index (χ0) is 13.2. The zero-order valence-corrected chi connectivity index (χ0v) is 10.9. The molecular weight excluding hydrogens is 242 g/mol. The zero-order valence-electron chi connectivity index (χ0n) is 10.9. The molecule has 0 saturated carbocycles. The highest BCUT2D eigenvalue weighted by atomic mass is 16.5. The van der Waals surface area contributed by atoms with Gasteiger partial charge in [-0.05, 0) is 23.8 Å². The van der Waals surface area contributed by atoms with E-state index in [9.17, 15) is 0 Å². The van der Waals surface area contributed by atoms with Crippen LogP contribution in [0.3, 0.4) is 0 Å². The fraction of sp³-hybridized carbons (Fsp3) is 0.333. The van der Waals surface area contributed by atoms with Gasteiger partial charge in [0.1, 0.15) is 5.76 Å². The summed E-state index contributed by atoms with van der Waals surface area (Å²) in [7, 11) is 0. The summed E-state index contributed by atoms with van der Waals surface area (Å²) in [5, 5.41) is 0. The average molecular weight is 259 g/mol. The minimum Gasteiger partial charge on any atom is -0.489 e. The van der Waals surface area contributed by atoms with Crippen LogP contribution in [-0.2, 0) is 6.54 Å². The van der Waals surface area contributed by atoms with Crippen LogP contribution in [0.1, 0.15) is 12.7 Å². The van der Waals surface area contributed by atoms with Crippen molar-refractivity contribution in [2.75, 3.05) is 13.2 Å². The van der Waals surface area contributed by atoms with Crippen molar-refractivity contribution in [3.8, 4) is 22.6 Å². The summed E-state index contributed by atoms with van der Waals surface area (Å²) < 4.78 is 16.9. The van der Waals surface area contributed by atoms with Gasteiger partial charge >= 0.3 is 0 Å². The molecule has 1 aromatic carbocycles. The Labute approximate surface area is 112 Å². The van der Waals surface area contributed by atoms with Gasteiger partial charge in [0, 0.05) is 11.5 Å². The predicted octanol–water partition coefficient (Wildman–Crippen LogP) is 2.81. The maximum atomic E-state index is 5.79. The summed E-state index contributed by atoms with van der Waals surface area (Å²) in [5.74, 6) is 2.75. The van der Waals surface area contributed by atoms with Gasteiger partial charge in [-0.1, -0.05) is 13.0 Å². The lowest BCUT2D eigenvalue weighted by Crippen LogP contribution is -2.12. The summed E-state index contributed by atoms with van der Waals surface area (Å²) in [6, 6.07) is 7.85. The molecule has 0 aliphatic carbocycles. The molecule has 1 unspecified atom stereocenters. The maximum Gasteiger partial charge on any atom is 0.161 e. The number of furan rings is 1. The summed E-state index contributed by atoms with van der Waals surface area (Å²) in [6.07, 6.45) is 1.66. The van der Waals surface area contributed by atoms with Crippen molar-refractivity contribution in [2.24, 2.45) is 11.7 Å². The molecule has 0 saturated heterocycles. The smallest absolute Gasteiger partial charge is 0.161 e. The van der Waals surface area contributed by atoms with Gasteiger partial charge in [0.15, 0.2) is 11.5 Å². The van der Waals surface area contributed by atoms with E-state index in [1.807, 2.05) is 24.3 Å². The molecule has 2 N–H and O–H groups in total. The van der Waals surface area contributed by atoms with E-state index in [1.54, 1.807) is 6.26 Å². The molecule has 4 nitrogen and oxygen atoms in total. The number of fused-ring (bicyclic) bond motifs is 1. The summed E-state index contributed by atoms with van der Waals surface area (Å²) >= 11 is 0. The van der Waals surface area contributed by atoms with Crippen LogP contribution in [0, 0.1) is 5.92 Å². The van der Waals surface area contributed by atoms with E-state index in [2.05, 4.69) is 6.92 Å². The number of hydrogen-bond acceptors (Lipinski definition) is 4. The highest BCUT2D eigenvalue weighted by molar-refractivity contribution is 5.68. The molecule has 0 radical (unpaired) electrons. The molecule has 0 spiro atoms. The van der Waals surface area contributed by atoms with E-state index in [0.717, 1.165) is 28.4 Å². The van der Waals surface area contributed by atoms with Crippen molar-refractivity contribution in [3.63, 3.8) is 0 Å². The molecular formula is C15H17NO3. The first-order chi connectivity index (χ1) is 9.28. The Balaban J connectivity index is 1.97. The molecule has 100 valence electrons. The third-order valence-electron chi connectivity index (χ3n) is 3.23. The van der Waals surface area contributed by atoms with Crippen molar-refractivity contribution < 1.29 is 13.9 Å². The number of nitrogens with two attached hydrogens (primary N) is 1. The van der Waals surface area contributed by atoms with Crippen LogP contribution in [0.25, 0.3) is 11.1 Å². The fourth-order valence-corrected chi connectivity index (χ4v) is 2.18. The number of rotatable bonds is 2. The molecule has 4 heteroatoms. The molecule has 0 amide bonds. The molecule has 3 rings (SSSR count). The lowest BCUT2D eigenvalue weighted by Gasteiger charge is -2.09. The van der Waals surface area contributed by atoms with Crippen molar-refractivity contribution in [1.29, 1.82) is 0 Å². The molecule has 1 atom stereocenters. The Morgan fingerprint density at radius 1 is 1.16 bits per heavy atom. The fourth-order valence-electron chi connectivity index (χ4n) is 2.18. The van der Waals surface area contributed by atoms with Gasteiger partial charge in [-0.25, -0.2) is 0 Å². The normalized spacial score (nSPS) is 18.1. The minimum atomic E-state index is 0.383. The monoisotopic (exact) mass is 259 g/mol. The topological polar surface area (TPSA) is 57.6 Å². The van der Waals surface area contributed by atoms with Crippen LogP contribution in [-0.4, -0.2) is 13.2 Å². The highest BCUT2D eigenvalue weighted by Crippen LogP contribution is 2.36. The Hall–Kier alpha value is -1.94. The van der Waals surface area contributed by atoms with E-state index in [0.29, 0.717) is 25.7 Å². The van der Waals surface area contributed by atoms with E-state index in [1.165, 1.54) is 0 Å². The Kier molecular flexibility index (Phi) is 3.17. The average Bonchev–Trinajstić information content (AvgIpc) is 2.84. The van der Waals surface area contributed by atoms with Crippen molar-refractivity contribution in [1.82, 2.24) is 0 Å². The van der Waals surface area contributed by atoms with Gasteiger partial charge in [0.2, 0.25) is 0 Å². The molecule has 19 heavy (non-hydrogen) atoms. The van der Waals surface area contributed by atoms with Gasteiger partial charge in [-0.3, -0.25) is 0 Å². The van der Waals surface area contributed by atoms with Crippen LogP contribution in [0.15, 0.2) is 34.9 Å². The SMILES string of the molecule is CC1COc2ccc(-c3ccoc3CN)cc2OC1. The second-order valence-corrected chi connectivity index (χ2v) is 4.85. The van der Waals surface area contributed by atoms with Crippen LogP contribution < -0.4 is 15.2 Å². The molecule has 2 heterocycles. The first-order valence-electron chi connectivity index (χ1n) is 6.44. The lowest BCUT2D eigenvalue weighted by molar-refractivity contribution is 0.228. The molecule has 1 aliphatic rings. The Morgan fingerprint density at radius 3 is 2.74 bits per heavy atom. The summed E-state index contributed by atoms with van der Waals surface area (Å²) in [5.41, 5.74) is 7.70. The van der Waals surface area contributed by atoms with E-state index >= 15 is 0 Å². The first-order valence-corrected chi connectivity index (χ1v) is 6.44. The maximum absolute atomic E-state index is 5.79. The predicted molar refractivity (Wildman–Crippen MR) is 72.2 cm³/mol. The number of benzene rings is 1. The van der Waals surface area contributed by atoms with Gasteiger partial charge < -0.3 is 19.6 Å². The summed E-state index contributed by atoms with van der Waals surface area (Å²) in [6.45, 7) is 3.85. The quantitative estimate of drug-likeness (QED) is 0.901. The molecule has 0 bridgehead atoms.